The summed E-state index contributed by atoms with van der Waals surface area (Å²) in [5.74, 6) is 0. The molecule has 0 aromatic heterocycles. The molecular formula is C16H26N2O2. The van der Waals surface area contributed by atoms with E-state index in [0.717, 1.165) is 19.6 Å². The largest absolute Gasteiger partial charge is 0.462 e. The van der Waals surface area contributed by atoms with Gasteiger partial charge in [-0.25, -0.2) is 0 Å². The molecule has 0 bridgehead atoms. The summed E-state index contributed by atoms with van der Waals surface area (Å²) in [5.41, 5.74) is 1.10. The number of nitrogens with one attached hydrogen (secondary N) is 1. The van der Waals surface area contributed by atoms with Crippen molar-refractivity contribution in [3.63, 3.8) is 0 Å². The highest BCUT2D eigenvalue weighted by molar-refractivity contribution is 5.37. The number of carbonyl (C=O) groups is 1. The van der Waals surface area contributed by atoms with Crippen LogP contribution in [0.1, 0.15) is 26.3 Å². The van der Waals surface area contributed by atoms with E-state index in [9.17, 15) is 4.79 Å². The highest BCUT2D eigenvalue weighted by atomic mass is 16.5. The third kappa shape index (κ3) is 7.92. The molecule has 1 aromatic rings. The van der Waals surface area contributed by atoms with Crippen molar-refractivity contribution in [1.82, 2.24) is 10.2 Å². The Kier molecular flexibility index (Phi) is 7.26. The van der Waals surface area contributed by atoms with Gasteiger partial charge in [-0.2, -0.15) is 0 Å². The van der Waals surface area contributed by atoms with Crippen LogP contribution in [0.5, 0.6) is 0 Å². The molecule has 1 N–H and O–H groups in total. The predicted octanol–water partition coefficient (Wildman–Crippen LogP) is 2.05. The smallest absolute Gasteiger partial charge is 0.293 e. The van der Waals surface area contributed by atoms with Crippen LogP contribution in [0.2, 0.25) is 0 Å². The Morgan fingerprint density at radius 1 is 1.20 bits per heavy atom. The zero-order valence-corrected chi connectivity index (χ0v) is 12.8. The standard InChI is InChI=1S/C11H16N2.C5H10O2/c1-2-4-11(5-3-1)10-13-8-6-12-7-9-13;1-5(2,3)7-4-6/h1-5,12H,6-10H2;4H,1-3H3. The van der Waals surface area contributed by atoms with Crippen molar-refractivity contribution in [2.75, 3.05) is 26.2 Å². The van der Waals surface area contributed by atoms with E-state index in [2.05, 4.69) is 45.3 Å². The molecule has 1 aliphatic heterocycles. The van der Waals surface area contributed by atoms with Crippen molar-refractivity contribution < 1.29 is 9.53 Å². The van der Waals surface area contributed by atoms with Crippen molar-refractivity contribution >= 4 is 6.47 Å². The first-order valence-corrected chi connectivity index (χ1v) is 7.10. The van der Waals surface area contributed by atoms with Crippen molar-refractivity contribution in [3.8, 4) is 0 Å². The van der Waals surface area contributed by atoms with Crippen LogP contribution in [-0.2, 0) is 16.1 Å². The molecule has 1 fully saturated rings. The van der Waals surface area contributed by atoms with Crippen LogP contribution >= 0.6 is 0 Å². The maximum Gasteiger partial charge on any atom is 0.293 e. The lowest BCUT2D eigenvalue weighted by Gasteiger charge is -2.27. The molecule has 0 saturated carbocycles. The summed E-state index contributed by atoms with van der Waals surface area (Å²) in [7, 11) is 0. The summed E-state index contributed by atoms with van der Waals surface area (Å²) < 4.78 is 4.55. The monoisotopic (exact) mass is 278 g/mol. The van der Waals surface area contributed by atoms with Gasteiger partial charge in [-0.1, -0.05) is 30.3 Å². The molecule has 1 aliphatic rings. The molecule has 0 aliphatic carbocycles. The third-order valence-electron chi connectivity index (χ3n) is 2.86. The van der Waals surface area contributed by atoms with E-state index in [1.54, 1.807) is 0 Å². The topological polar surface area (TPSA) is 41.6 Å². The molecule has 0 atom stereocenters. The number of ether oxygens (including phenoxy) is 1. The molecule has 2 rings (SSSR count). The van der Waals surface area contributed by atoms with Gasteiger partial charge in [0.2, 0.25) is 0 Å². The van der Waals surface area contributed by atoms with Crippen LogP contribution in [0.25, 0.3) is 0 Å². The summed E-state index contributed by atoms with van der Waals surface area (Å²) in [4.78, 5) is 12.1. The Hall–Kier alpha value is -1.39. The van der Waals surface area contributed by atoms with E-state index in [0.29, 0.717) is 6.47 Å². The average Bonchev–Trinajstić information content (AvgIpc) is 2.40. The Morgan fingerprint density at radius 2 is 1.80 bits per heavy atom. The molecule has 1 saturated heterocycles. The molecule has 112 valence electrons. The summed E-state index contributed by atoms with van der Waals surface area (Å²) in [6.45, 7) is 11.6. The maximum atomic E-state index is 9.60. The van der Waals surface area contributed by atoms with E-state index in [-0.39, 0.29) is 5.60 Å². The summed E-state index contributed by atoms with van der Waals surface area (Å²) in [6.07, 6.45) is 0. The van der Waals surface area contributed by atoms with Crippen LogP contribution in [-0.4, -0.2) is 43.2 Å². The summed E-state index contributed by atoms with van der Waals surface area (Å²) in [5, 5.41) is 3.36. The minimum atomic E-state index is -0.318. The second kappa shape index (κ2) is 8.72. The van der Waals surface area contributed by atoms with Gasteiger partial charge in [0.15, 0.2) is 0 Å². The first kappa shape index (κ1) is 16.7. The molecule has 1 heterocycles. The molecule has 1 aromatic carbocycles. The quantitative estimate of drug-likeness (QED) is 0.859. The Bertz CT molecular complexity index is 368. The van der Waals surface area contributed by atoms with Gasteiger partial charge < -0.3 is 10.1 Å². The van der Waals surface area contributed by atoms with Crippen LogP contribution in [0.4, 0.5) is 0 Å². The van der Waals surface area contributed by atoms with Gasteiger partial charge in [0, 0.05) is 32.7 Å². The Balaban J connectivity index is 0.000000246. The number of hydrogen-bond acceptors (Lipinski definition) is 4. The maximum absolute atomic E-state index is 9.60. The van der Waals surface area contributed by atoms with E-state index >= 15 is 0 Å². The van der Waals surface area contributed by atoms with Crippen molar-refractivity contribution in [3.05, 3.63) is 35.9 Å². The minimum Gasteiger partial charge on any atom is -0.462 e. The number of nitrogens with zero attached hydrogens (tertiary/aromatic N) is 1. The van der Waals surface area contributed by atoms with Crippen LogP contribution < -0.4 is 5.32 Å². The highest BCUT2D eigenvalue weighted by Gasteiger charge is 2.09. The third-order valence-corrected chi connectivity index (χ3v) is 2.86. The predicted molar refractivity (Wildman–Crippen MR) is 81.5 cm³/mol. The number of piperazine rings is 1. The Labute approximate surface area is 122 Å². The molecule has 0 radical (unpaired) electrons. The van der Waals surface area contributed by atoms with Crippen molar-refractivity contribution in [2.24, 2.45) is 0 Å². The van der Waals surface area contributed by atoms with E-state index in [1.807, 2.05) is 20.8 Å². The number of benzene rings is 1. The van der Waals surface area contributed by atoms with Crippen LogP contribution in [0.15, 0.2) is 30.3 Å². The molecule has 0 amide bonds. The number of hydrogen-bond donors (Lipinski definition) is 1. The SMILES string of the molecule is CC(C)(C)OC=O.c1ccc(CN2CCNCC2)cc1. The lowest BCUT2D eigenvalue weighted by Crippen LogP contribution is -2.42. The van der Waals surface area contributed by atoms with Gasteiger partial charge in [-0.15, -0.1) is 0 Å². The van der Waals surface area contributed by atoms with Crippen LogP contribution in [0.3, 0.4) is 0 Å². The highest BCUT2D eigenvalue weighted by Crippen LogP contribution is 2.04. The fourth-order valence-electron chi connectivity index (χ4n) is 1.86. The van der Waals surface area contributed by atoms with Gasteiger partial charge >= 0.3 is 0 Å². The molecule has 0 spiro atoms. The molecule has 0 unspecified atom stereocenters. The Morgan fingerprint density at radius 3 is 2.25 bits per heavy atom. The molecular weight excluding hydrogens is 252 g/mol. The van der Waals surface area contributed by atoms with Crippen molar-refractivity contribution in [2.45, 2.75) is 32.9 Å². The molecule has 20 heavy (non-hydrogen) atoms. The van der Waals surface area contributed by atoms with Gasteiger partial charge in [0.1, 0.15) is 5.60 Å². The first-order chi connectivity index (χ1) is 9.51. The zero-order chi connectivity index (χ0) is 14.8. The second-order valence-electron chi connectivity index (χ2n) is 5.84. The van der Waals surface area contributed by atoms with Gasteiger partial charge in [0.25, 0.3) is 6.47 Å². The molecule has 4 heteroatoms. The van der Waals surface area contributed by atoms with E-state index < -0.39 is 0 Å². The summed E-state index contributed by atoms with van der Waals surface area (Å²) >= 11 is 0. The van der Waals surface area contributed by atoms with Gasteiger partial charge in [-0.05, 0) is 26.3 Å². The van der Waals surface area contributed by atoms with Crippen molar-refractivity contribution in [1.29, 1.82) is 0 Å². The van der Waals surface area contributed by atoms with E-state index in [4.69, 9.17) is 0 Å². The first-order valence-electron chi connectivity index (χ1n) is 7.10. The lowest BCUT2D eigenvalue weighted by molar-refractivity contribution is -0.138. The van der Waals surface area contributed by atoms with Gasteiger partial charge in [-0.3, -0.25) is 9.69 Å². The zero-order valence-electron chi connectivity index (χ0n) is 12.8. The number of rotatable bonds is 3. The number of carbonyl (C=O) groups excluding carboxylic acids is 1. The lowest BCUT2D eigenvalue weighted by atomic mass is 10.2. The van der Waals surface area contributed by atoms with E-state index in [1.165, 1.54) is 18.7 Å². The molecule has 4 nitrogen and oxygen atoms in total. The fourth-order valence-corrected chi connectivity index (χ4v) is 1.86. The fraction of sp³-hybridized carbons (Fsp3) is 0.562. The van der Waals surface area contributed by atoms with Gasteiger partial charge in [0.05, 0.1) is 0 Å². The summed E-state index contributed by atoms with van der Waals surface area (Å²) in [6, 6.07) is 10.7. The van der Waals surface area contributed by atoms with Crippen LogP contribution in [0, 0.1) is 0 Å². The normalized spacial score (nSPS) is 15.9. The minimum absolute atomic E-state index is 0.318. The average molecular weight is 278 g/mol. The second-order valence-corrected chi connectivity index (χ2v) is 5.84.